The molecule has 1 heterocycles. The van der Waals surface area contributed by atoms with Crippen LogP contribution in [0.1, 0.15) is 0 Å². The summed E-state index contributed by atoms with van der Waals surface area (Å²) in [4.78, 5) is -0.0750. The van der Waals surface area contributed by atoms with Crippen LogP contribution in [0.5, 0.6) is 0 Å². The van der Waals surface area contributed by atoms with Crippen LogP contribution in [0.4, 0.5) is 5.69 Å². The third kappa shape index (κ3) is 3.24. The summed E-state index contributed by atoms with van der Waals surface area (Å²) >= 11 is 11.9. The topological polar surface area (TPSA) is 76.9 Å². The van der Waals surface area contributed by atoms with Gasteiger partial charge in [0.25, 0.3) is 10.0 Å². The van der Waals surface area contributed by atoms with Crippen LogP contribution in [0.3, 0.4) is 0 Å². The standard InChI is InChI=1S/C15H12Cl2N4O2S/c1-21-9-18-19-15(21)10-5-7-11(8-6-10)20-24(22,23)13-4-2-3-12(16)14(13)17/h2-9,20H,1H3. The van der Waals surface area contributed by atoms with E-state index in [-0.39, 0.29) is 14.9 Å². The number of anilines is 1. The van der Waals surface area contributed by atoms with Crippen molar-refractivity contribution in [3.8, 4) is 11.4 Å². The number of nitrogens with one attached hydrogen (secondary N) is 1. The Morgan fingerprint density at radius 1 is 1.08 bits per heavy atom. The minimum Gasteiger partial charge on any atom is -0.317 e. The second kappa shape index (κ2) is 6.43. The Morgan fingerprint density at radius 3 is 2.42 bits per heavy atom. The van der Waals surface area contributed by atoms with Crippen LogP contribution in [0.15, 0.2) is 53.7 Å². The van der Waals surface area contributed by atoms with Gasteiger partial charge in [-0.1, -0.05) is 29.3 Å². The number of rotatable bonds is 4. The number of aryl methyl sites for hydroxylation is 1. The Balaban J connectivity index is 1.88. The fourth-order valence-electron chi connectivity index (χ4n) is 2.13. The van der Waals surface area contributed by atoms with Crippen LogP contribution in [0, 0.1) is 0 Å². The van der Waals surface area contributed by atoms with Crippen LogP contribution < -0.4 is 4.72 Å². The fraction of sp³-hybridized carbons (Fsp3) is 0.0667. The summed E-state index contributed by atoms with van der Waals surface area (Å²) < 4.78 is 29.2. The predicted molar refractivity (Wildman–Crippen MR) is 93.7 cm³/mol. The van der Waals surface area contributed by atoms with Crippen LogP contribution in [-0.4, -0.2) is 23.2 Å². The number of aromatic nitrogens is 3. The van der Waals surface area contributed by atoms with E-state index in [9.17, 15) is 8.42 Å². The molecule has 124 valence electrons. The highest BCUT2D eigenvalue weighted by Gasteiger charge is 2.19. The van der Waals surface area contributed by atoms with Crippen molar-refractivity contribution in [3.63, 3.8) is 0 Å². The number of nitrogens with zero attached hydrogens (tertiary/aromatic N) is 3. The monoisotopic (exact) mass is 382 g/mol. The van der Waals surface area contributed by atoms with Crippen molar-refractivity contribution in [2.45, 2.75) is 4.90 Å². The van der Waals surface area contributed by atoms with Crippen LogP contribution >= 0.6 is 23.2 Å². The normalized spacial score (nSPS) is 11.5. The van der Waals surface area contributed by atoms with Crippen molar-refractivity contribution >= 4 is 38.9 Å². The van der Waals surface area contributed by atoms with Gasteiger partial charge in [0.05, 0.1) is 10.0 Å². The van der Waals surface area contributed by atoms with E-state index in [1.807, 2.05) is 7.05 Å². The van der Waals surface area contributed by atoms with E-state index < -0.39 is 10.0 Å². The summed E-state index contributed by atoms with van der Waals surface area (Å²) in [5, 5.41) is 7.98. The zero-order valence-corrected chi connectivity index (χ0v) is 14.8. The molecular weight excluding hydrogens is 371 g/mol. The third-order valence-electron chi connectivity index (χ3n) is 3.31. The van der Waals surface area contributed by atoms with Gasteiger partial charge in [0, 0.05) is 18.3 Å². The lowest BCUT2D eigenvalue weighted by molar-refractivity contribution is 0.601. The summed E-state index contributed by atoms with van der Waals surface area (Å²) in [5.41, 5.74) is 1.22. The number of hydrogen-bond acceptors (Lipinski definition) is 4. The first-order valence-electron chi connectivity index (χ1n) is 6.80. The quantitative estimate of drug-likeness (QED) is 0.747. The molecule has 2 aromatic carbocycles. The van der Waals surface area contributed by atoms with Crippen LogP contribution in [0.2, 0.25) is 10.0 Å². The molecule has 0 aliphatic rings. The van der Waals surface area contributed by atoms with Gasteiger partial charge >= 0.3 is 0 Å². The first kappa shape index (κ1) is 16.8. The van der Waals surface area contributed by atoms with E-state index in [1.165, 1.54) is 18.2 Å². The summed E-state index contributed by atoms with van der Waals surface area (Å²) in [6.45, 7) is 0. The molecule has 3 aromatic rings. The maximum atomic E-state index is 12.5. The lowest BCUT2D eigenvalue weighted by atomic mass is 10.2. The van der Waals surface area contributed by atoms with Gasteiger partial charge in [0.15, 0.2) is 5.82 Å². The number of hydrogen-bond donors (Lipinski definition) is 1. The van der Waals surface area contributed by atoms with Gasteiger partial charge in [-0.05, 0) is 36.4 Å². The van der Waals surface area contributed by atoms with Gasteiger partial charge in [-0.2, -0.15) is 0 Å². The third-order valence-corrected chi connectivity index (χ3v) is 5.67. The Bertz CT molecular complexity index is 985. The minimum absolute atomic E-state index is 0.0117. The molecule has 0 amide bonds. The summed E-state index contributed by atoms with van der Waals surface area (Å²) in [6.07, 6.45) is 1.59. The minimum atomic E-state index is -3.84. The van der Waals surface area contributed by atoms with Gasteiger partial charge in [0.1, 0.15) is 11.2 Å². The van der Waals surface area contributed by atoms with Crippen molar-refractivity contribution in [1.29, 1.82) is 0 Å². The Labute approximate surface area is 149 Å². The van der Waals surface area contributed by atoms with E-state index in [4.69, 9.17) is 23.2 Å². The molecule has 0 bridgehead atoms. The van der Waals surface area contributed by atoms with E-state index in [0.29, 0.717) is 11.5 Å². The van der Waals surface area contributed by atoms with Crippen molar-refractivity contribution in [1.82, 2.24) is 14.8 Å². The van der Waals surface area contributed by atoms with Gasteiger partial charge in [-0.3, -0.25) is 4.72 Å². The molecule has 0 fully saturated rings. The van der Waals surface area contributed by atoms with Crippen LogP contribution in [-0.2, 0) is 17.1 Å². The van der Waals surface area contributed by atoms with Gasteiger partial charge in [-0.15, -0.1) is 10.2 Å². The molecule has 24 heavy (non-hydrogen) atoms. The molecular formula is C15H12Cl2N4O2S. The second-order valence-corrected chi connectivity index (χ2v) is 7.44. The molecule has 0 unspecified atom stereocenters. The van der Waals surface area contributed by atoms with Gasteiger partial charge in [-0.25, -0.2) is 8.42 Å². The summed E-state index contributed by atoms with van der Waals surface area (Å²) in [5.74, 6) is 0.683. The smallest absolute Gasteiger partial charge is 0.263 e. The molecule has 3 rings (SSSR count). The maximum absolute atomic E-state index is 12.5. The SMILES string of the molecule is Cn1cnnc1-c1ccc(NS(=O)(=O)c2cccc(Cl)c2Cl)cc1. The van der Waals surface area contributed by atoms with E-state index in [0.717, 1.165) is 5.56 Å². The van der Waals surface area contributed by atoms with E-state index in [1.54, 1.807) is 35.2 Å². The molecule has 0 aliphatic carbocycles. The van der Waals surface area contributed by atoms with Gasteiger partial charge in [0.2, 0.25) is 0 Å². The molecule has 0 atom stereocenters. The zero-order chi connectivity index (χ0) is 17.3. The molecule has 1 N–H and O–H groups in total. The molecule has 9 heteroatoms. The predicted octanol–water partition coefficient (Wildman–Crippen LogP) is 3.59. The molecule has 0 saturated heterocycles. The highest BCUT2D eigenvalue weighted by atomic mass is 35.5. The summed E-state index contributed by atoms with van der Waals surface area (Å²) in [6, 6.07) is 11.2. The highest BCUT2D eigenvalue weighted by Crippen LogP contribution is 2.30. The first-order valence-corrected chi connectivity index (χ1v) is 9.03. The molecule has 0 saturated carbocycles. The summed E-state index contributed by atoms with van der Waals surface area (Å²) in [7, 11) is -2.01. The molecule has 0 aliphatic heterocycles. The zero-order valence-electron chi connectivity index (χ0n) is 12.4. The number of benzene rings is 2. The average Bonchev–Trinajstić information content (AvgIpc) is 2.96. The average molecular weight is 383 g/mol. The molecule has 0 spiro atoms. The van der Waals surface area contributed by atoms with Crippen LogP contribution in [0.25, 0.3) is 11.4 Å². The second-order valence-electron chi connectivity index (χ2n) is 5.00. The largest absolute Gasteiger partial charge is 0.317 e. The molecule has 6 nitrogen and oxygen atoms in total. The van der Waals surface area contributed by atoms with E-state index in [2.05, 4.69) is 14.9 Å². The first-order chi connectivity index (χ1) is 11.4. The lowest BCUT2D eigenvalue weighted by Crippen LogP contribution is -2.13. The lowest BCUT2D eigenvalue weighted by Gasteiger charge is -2.10. The Kier molecular flexibility index (Phi) is 4.49. The fourth-order valence-corrected chi connectivity index (χ4v) is 3.95. The van der Waals surface area contributed by atoms with Gasteiger partial charge < -0.3 is 4.57 Å². The number of halogens is 2. The maximum Gasteiger partial charge on any atom is 0.263 e. The van der Waals surface area contributed by atoms with Crippen molar-refractivity contribution in [2.24, 2.45) is 7.05 Å². The van der Waals surface area contributed by atoms with Crippen molar-refractivity contribution in [3.05, 3.63) is 58.8 Å². The van der Waals surface area contributed by atoms with E-state index >= 15 is 0 Å². The number of sulfonamides is 1. The molecule has 0 radical (unpaired) electrons. The van der Waals surface area contributed by atoms with Crippen molar-refractivity contribution in [2.75, 3.05) is 4.72 Å². The molecule has 1 aromatic heterocycles. The van der Waals surface area contributed by atoms with Crippen molar-refractivity contribution < 1.29 is 8.42 Å². The highest BCUT2D eigenvalue weighted by molar-refractivity contribution is 7.92. The Morgan fingerprint density at radius 2 is 1.79 bits per heavy atom. The Hall–Kier alpha value is -2.09.